The molecule has 2 aromatic heterocycles. The van der Waals surface area contributed by atoms with Crippen molar-refractivity contribution < 1.29 is 14.3 Å². The van der Waals surface area contributed by atoms with Crippen molar-refractivity contribution in [3.63, 3.8) is 0 Å². The van der Waals surface area contributed by atoms with E-state index >= 15 is 0 Å². The van der Waals surface area contributed by atoms with Gasteiger partial charge < -0.3 is 14.8 Å². The van der Waals surface area contributed by atoms with E-state index in [2.05, 4.69) is 10.3 Å². The van der Waals surface area contributed by atoms with Gasteiger partial charge >= 0.3 is 11.1 Å². The largest absolute Gasteiger partial charge is 0.497 e. The molecule has 34 heavy (non-hydrogen) atoms. The number of methoxy groups -OCH3 is 2. The number of amides is 1. The van der Waals surface area contributed by atoms with Gasteiger partial charge in [-0.05, 0) is 29.8 Å². The van der Waals surface area contributed by atoms with Crippen LogP contribution >= 0.6 is 0 Å². The van der Waals surface area contributed by atoms with Crippen LogP contribution in [0.25, 0.3) is 11.2 Å². The maximum Gasteiger partial charge on any atom is 0.318 e. The van der Waals surface area contributed by atoms with E-state index in [0.717, 1.165) is 15.7 Å². The Morgan fingerprint density at radius 2 is 1.71 bits per heavy atom. The number of rotatable bonds is 8. The van der Waals surface area contributed by atoms with E-state index in [1.54, 1.807) is 43.6 Å². The molecule has 0 radical (unpaired) electrons. The predicted molar refractivity (Wildman–Crippen MR) is 127 cm³/mol. The molecule has 0 unspecified atom stereocenters. The minimum absolute atomic E-state index is 0.183. The van der Waals surface area contributed by atoms with Crippen molar-refractivity contribution in [1.29, 1.82) is 0 Å². The van der Waals surface area contributed by atoms with Crippen molar-refractivity contribution >= 4 is 17.1 Å². The van der Waals surface area contributed by atoms with E-state index in [1.165, 1.54) is 11.7 Å². The summed E-state index contributed by atoms with van der Waals surface area (Å²) in [5.74, 6) is 0.772. The maximum atomic E-state index is 13.0. The average Bonchev–Trinajstić information content (AvgIpc) is 2.88. The summed E-state index contributed by atoms with van der Waals surface area (Å²) in [7, 11) is 3.09. The molecule has 0 saturated carbocycles. The van der Waals surface area contributed by atoms with Gasteiger partial charge in [-0.2, -0.15) is 0 Å². The molecule has 0 saturated heterocycles. The highest BCUT2D eigenvalue weighted by Crippen LogP contribution is 2.24. The number of benzene rings is 2. The van der Waals surface area contributed by atoms with Gasteiger partial charge in [-0.15, -0.1) is 0 Å². The fourth-order valence-corrected chi connectivity index (χ4v) is 3.70. The summed E-state index contributed by atoms with van der Waals surface area (Å²) in [6.45, 7) is 0.0651. The molecule has 4 rings (SSSR count). The number of carbonyl (C=O) groups is 1. The molecule has 1 amide bonds. The quantitative estimate of drug-likeness (QED) is 0.403. The summed E-state index contributed by atoms with van der Waals surface area (Å²) in [4.78, 5) is 43.0. The molecule has 0 spiro atoms. The maximum absolute atomic E-state index is 13.0. The van der Waals surface area contributed by atoms with Crippen LogP contribution < -0.4 is 25.9 Å². The summed E-state index contributed by atoms with van der Waals surface area (Å²) >= 11 is 0. The van der Waals surface area contributed by atoms with Crippen LogP contribution in [0.5, 0.6) is 11.5 Å². The third-order valence-electron chi connectivity index (χ3n) is 5.44. The lowest BCUT2D eigenvalue weighted by Gasteiger charge is -2.15. The van der Waals surface area contributed by atoms with Crippen LogP contribution in [0.1, 0.15) is 11.1 Å². The number of ether oxygens (including phenoxy) is 2. The normalized spacial score (nSPS) is 10.8. The van der Waals surface area contributed by atoms with E-state index in [4.69, 9.17) is 9.47 Å². The molecule has 174 valence electrons. The first-order valence-electron chi connectivity index (χ1n) is 10.6. The second-order valence-electron chi connectivity index (χ2n) is 7.57. The van der Waals surface area contributed by atoms with Gasteiger partial charge in [-0.25, -0.2) is 4.98 Å². The summed E-state index contributed by atoms with van der Waals surface area (Å²) < 4.78 is 13.0. The zero-order valence-electron chi connectivity index (χ0n) is 18.9. The number of fused-ring (bicyclic) bond motifs is 1. The van der Waals surface area contributed by atoms with Crippen molar-refractivity contribution in [2.24, 2.45) is 0 Å². The Morgan fingerprint density at radius 1 is 0.941 bits per heavy atom. The second kappa shape index (κ2) is 10.0. The third-order valence-corrected chi connectivity index (χ3v) is 5.44. The molecule has 1 N–H and O–H groups in total. The Morgan fingerprint density at radius 3 is 2.44 bits per heavy atom. The van der Waals surface area contributed by atoms with Gasteiger partial charge in [0.2, 0.25) is 5.91 Å². The number of nitrogens with zero attached hydrogens (tertiary/aromatic N) is 3. The molecule has 0 fully saturated rings. The number of nitrogens with one attached hydrogen (secondary N) is 1. The zero-order chi connectivity index (χ0) is 24.1. The number of hydrogen-bond donors (Lipinski definition) is 1. The van der Waals surface area contributed by atoms with Gasteiger partial charge in [0.15, 0.2) is 5.65 Å². The molecule has 2 heterocycles. The topological polar surface area (TPSA) is 104 Å². The SMILES string of the molecule is COc1ccc(CNC(=O)Cn2c(=O)c(=O)n(Cc3ccccc3)c3ncccc32)c(OC)c1. The van der Waals surface area contributed by atoms with E-state index < -0.39 is 17.0 Å². The molecule has 0 bridgehead atoms. The summed E-state index contributed by atoms with van der Waals surface area (Å²) in [6, 6.07) is 17.9. The van der Waals surface area contributed by atoms with Gasteiger partial charge in [0.25, 0.3) is 0 Å². The standard InChI is InChI=1S/C25H24N4O5/c1-33-19-11-10-18(21(13-19)34-2)14-27-22(30)16-28-20-9-6-12-26-23(20)29(25(32)24(28)31)15-17-7-4-3-5-8-17/h3-13H,14-16H2,1-2H3,(H,27,30). The van der Waals surface area contributed by atoms with Crippen molar-refractivity contribution in [1.82, 2.24) is 19.4 Å². The fourth-order valence-electron chi connectivity index (χ4n) is 3.70. The predicted octanol–water partition coefficient (Wildman–Crippen LogP) is 1.94. The zero-order valence-corrected chi connectivity index (χ0v) is 18.9. The molecular formula is C25H24N4O5. The number of aromatic nitrogens is 3. The van der Waals surface area contributed by atoms with Crippen LogP contribution in [0.2, 0.25) is 0 Å². The van der Waals surface area contributed by atoms with Crippen LogP contribution in [0, 0.1) is 0 Å². The van der Waals surface area contributed by atoms with E-state index in [9.17, 15) is 14.4 Å². The number of carbonyl (C=O) groups excluding carboxylic acids is 1. The van der Waals surface area contributed by atoms with E-state index in [1.807, 2.05) is 30.3 Å². The van der Waals surface area contributed by atoms with Crippen molar-refractivity contribution in [3.05, 3.63) is 98.7 Å². The first kappa shape index (κ1) is 22.8. The Kier molecular flexibility index (Phi) is 6.72. The van der Waals surface area contributed by atoms with Gasteiger partial charge in [-0.3, -0.25) is 23.5 Å². The van der Waals surface area contributed by atoms with Gasteiger partial charge in [0, 0.05) is 24.4 Å². The first-order valence-corrected chi connectivity index (χ1v) is 10.6. The van der Waals surface area contributed by atoms with Crippen LogP contribution in [-0.4, -0.2) is 34.2 Å². The molecule has 2 aromatic carbocycles. The smallest absolute Gasteiger partial charge is 0.318 e. The van der Waals surface area contributed by atoms with Crippen molar-refractivity contribution in [3.8, 4) is 11.5 Å². The molecular weight excluding hydrogens is 436 g/mol. The Hall–Kier alpha value is -4.40. The van der Waals surface area contributed by atoms with E-state index in [0.29, 0.717) is 22.7 Å². The molecule has 4 aromatic rings. The third kappa shape index (κ3) is 4.68. The lowest BCUT2D eigenvalue weighted by atomic mass is 10.2. The Labute approximate surface area is 195 Å². The number of pyridine rings is 1. The van der Waals surface area contributed by atoms with Crippen LogP contribution in [-0.2, 0) is 24.4 Å². The highest BCUT2D eigenvalue weighted by atomic mass is 16.5. The van der Waals surface area contributed by atoms with Gasteiger partial charge in [-0.1, -0.05) is 30.3 Å². The van der Waals surface area contributed by atoms with Gasteiger partial charge in [0.1, 0.15) is 18.0 Å². The monoisotopic (exact) mass is 460 g/mol. The Balaban J connectivity index is 1.61. The second-order valence-corrected chi connectivity index (χ2v) is 7.57. The average molecular weight is 460 g/mol. The van der Waals surface area contributed by atoms with Crippen molar-refractivity contribution in [2.75, 3.05) is 14.2 Å². The molecule has 9 nitrogen and oxygen atoms in total. The molecule has 0 aliphatic heterocycles. The molecule has 0 aliphatic carbocycles. The highest BCUT2D eigenvalue weighted by molar-refractivity contribution is 5.79. The first-order chi connectivity index (χ1) is 16.5. The summed E-state index contributed by atoms with van der Waals surface area (Å²) in [5, 5.41) is 2.78. The lowest BCUT2D eigenvalue weighted by molar-refractivity contribution is -0.121. The van der Waals surface area contributed by atoms with Gasteiger partial charge in [0.05, 0.1) is 26.3 Å². The van der Waals surface area contributed by atoms with Crippen LogP contribution in [0.3, 0.4) is 0 Å². The Bertz CT molecular complexity index is 1440. The molecule has 9 heteroatoms. The lowest BCUT2D eigenvalue weighted by Crippen LogP contribution is -2.44. The summed E-state index contributed by atoms with van der Waals surface area (Å²) in [6.07, 6.45) is 1.55. The minimum atomic E-state index is -0.784. The van der Waals surface area contributed by atoms with Crippen molar-refractivity contribution in [2.45, 2.75) is 19.6 Å². The van der Waals surface area contributed by atoms with Crippen LogP contribution in [0.4, 0.5) is 0 Å². The van der Waals surface area contributed by atoms with E-state index in [-0.39, 0.29) is 19.6 Å². The minimum Gasteiger partial charge on any atom is -0.497 e. The molecule has 0 atom stereocenters. The highest BCUT2D eigenvalue weighted by Gasteiger charge is 2.17. The van der Waals surface area contributed by atoms with Crippen LogP contribution in [0.15, 0.2) is 76.4 Å². The molecule has 0 aliphatic rings. The summed E-state index contributed by atoms with van der Waals surface area (Å²) in [5.41, 5.74) is 0.822. The fraction of sp³-hybridized carbons (Fsp3) is 0.200. The number of hydrogen-bond acceptors (Lipinski definition) is 6.